The third-order valence-corrected chi connectivity index (χ3v) is 6.57. The van der Waals surface area contributed by atoms with Crippen LogP contribution in [0.25, 0.3) is 11.3 Å². The number of alkyl halides is 3. The van der Waals surface area contributed by atoms with Gasteiger partial charge in [-0.25, -0.2) is 8.42 Å². The Balaban J connectivity index is 2.05. The molecule has 0 fully saturated rings. The molecule has 0 atom stereocenters. The van der Waals surface area contributed by atoms with Crippen molar-refractivity contribution in [3.8, 4) is 11.3 Å². The number of amides is 1. The summed E-state index contributed by atoms with van der Waals surface area (Å²) in [6.07, 6.45) is -2.24. The van der Waals surface area contributed by atoms with Gasteiger partial charge >= 0.3 is 6.18 Å². The molecule has 0 bridgehead atoms. The van der Waals surface area contributed by atoms with Crippen LogP contribution in [-0.4, -0.2) is 36.9 Å². The van der Waals surface area contributed by atoms with E-state index in [0.717, 1.165) is 12.3 Å². The molecule has 176 valence electrons. The summed E-state index contributed by atoms with van der Waals surface area (Å²) in [6.45, 7) is 1.15. The van der Waals surface area contributed by atoms with Crippen LogP contribution >= 0.6 is 11.6 Å². The molecule has 6 nitrogen and oxygen atoms in total. The Kier molecular flexibility index (Phi) is 6.92. The molecule has 2 aromatic carbocycles. The number of nitrogens with zero attached hydrogens (tertiary/aromatic N) is 1. The maximum Gasteiger partial charge on any atom is 0.417 e. The highest BCUT2D eigenvalue weighted by molar-refractivity contribution is 7.90. The van der Waals surface area contributed by atoms with E-state index in [4.69, 9.17) is 11.6 Å². The zero-order valence-corrected chi connectivity index (χ0v) is 19.1. The average molecular weight is 501 g/mol. The van der Waals surface area contributed by atoms with Crippen molar-refractivity contribution in [2.24, 2.45) is 0 Å². The average Bonchev–Trinajstić information content (AvgIpc) is 3.02. The number of hydrogen-bond acceptors (Lipinski definition) is 4. The van der Waals surface area contributed by atoms with Gasteiger partial charge in [0.1, 0.15) is 0 Å². The molecule has 3 rings (SSSR count). The zero-order valence-electron chi connectivity index (χ0n) is 17.6. The summed E-state index contributed by atoms with van der Waals surface area (Å²) in [5, 5.41) is 11.9. The molecule has 0 saturated carbocycles. The van der Waals surface area contributed by atoms with Crippen molar-refractivity contribution < 1.29 is 31.5 Å². The van der Waals surface area contributed by atoms with Crippen molar-refractivity contribution in [1.29, 1.82) is 0 Å². The highest BCUT2D eigenvalue weighted by Gasteiger charge is 2.35. The van der Waals surface area contributed by atoms with E-state index >= 15 is 0 Å². The van der Waals surface area contributed by atoms with Crippen LogP contribution in [0.1, 0.15) is 21.5 Å². The molecule has 11 heteroatoms. The first-order valence-corrected chi connectivity index (χ1v) is 11.9. The molecular formula is C22H20ClF3N2O4S. The predicted molar refractivity (Wildman–Crippen MR) is 119 cm³/mol. The van der Waals surface area contributed by atoms with E-state index in [1.54, 1.807) is 0 Å². The lowest BCUT2D eigenvalue weighted by atomic mass is 10.00. The van der Waals surface area contributed by atoms with Gasteiger partial charge in [0.15, 0.2) is 9.84 Å². The number of aromatic nitrogens is 1. The minimum atomic E-state index is -4.61. The van der Waals surface area contributed by atoms with Gasteiger partial charge in [-0.1, -0.05) is 29.8 Å². The first kappa shape index (κ1) is 24.8. The van der Waals surface area contributed by atoms with E-state index in [9.17, 15) is 31.5 Å². The van der Waals surface area contributed by atoms with Crippen LogP contribution in [0.4, 0.5) is 18.9 Å². The third kappa shape index (κ3) is 5.23. The van der Waals surface area contributed by atoms with Gasteiger partial charge in [-0.2, -0.15) is 13.2 Å². The van der Waals surface area contributed by atoms with Crippen molar-refractivity contribution in [3.05, 3.63) is 70.4 Å². The smallest absolute Gasteiger partial charge is 0.395 e. The van der Waals surface area contributed by atoms with Crippen LogP contribution in [0.5, 0.6) is 0 Å². The molecule has 0 saturated heterocycles. The normalized spacial score (nSPS) is 12.1. The monoisotopic (exact) mass is 500 g/mol. The van der Waals surface area contributed by atoms with E-state index < -0.39 is 27.5 Å². The van der Waals surface area contributed by atoms with Crippen molar-refractivity contribution in [3.63, 3.8) is 0 Å². The van der Waals surface area contributed by atoms with Gasteiger partial charge in [0.05, 0.1) is 33.3 Å². The standard InChI is InChI=1S/C22H20ClF3N2O4S/c1-13-16(21(30)27-14-7-8-19(18(23)11-14)33(2,31)32)12-28(9-10-29)20(13)15-5-3-4-6-17(15)22(24,25)26/h3-8,11-12,29H,9-10H2,1-2H3,(H,27,30). The second kappa shape index (κ2) is 9.20. The lowest BCUT2D eigenvalue weighted by Crippen LogP contribution is -2.13. The van der Waals surface area contributed by atoms with Gasteiger partial charge < -0.3 is 15.0 Å². The van der Waals surface area contributed by atoms with Crippen LogP contribution < -0.4 is 5.32 Å². The van der Waals surface area contributed by atoms with Gasteiger partial charge in [-0.05, 0) is 36.8 Å². The fraction of sp³-hybridized carbons (Fsp3) is 0.227. The first-order chi connectivity index (χ1) is 15.3. The molecule has 0 radical (unpaired) electrons. The van der Waals surface area contributed by atoms with Crippen molar-refractivity contribution >= 4 is 33.0 Å². The highest BCUT2D eigenvalue weighted by atomic mass is 35.5. The van der Waals surface area contributed by atoms with Crippen LogP contribution in [-0.2, 0) is 22.6 Å². The van der Waals surface area contributed by atoms with Crippen molar-refractivity contribution in [1.82, 2.24) is 4.57 Å². The number of hydrogen-bond donors (Lipinski definition) is 2. The fourth-order valence-electron chi connectivity index (χ4n) is 3.54. The number of anilines is 1. The second-order valence-electron chi connectivity index (χ2n) is 7.35. The Labute approximate surface area is 193 Å². The summed E-state index contributed by atoms with van der Waals surface area (Å²) in [4.78, 5) is 12.8. The van der Waals surface area contributed by atoms with Crippen LogP contribution in [0, 0.1) is 6.92 Å². The second-order valence-corrected chi connectivity index (χ2v) is 9.74. The molecule has 1 heterocycles. The minimum absolute atomic E-state index is 0.0233. The van der Waals surface area contributed by atoms with E-state index in [2.05, 4.69) is 5.32 Å². The van der Waals surface area contributed by atoms with E-state index in [0.29, 0.717) is 0 Å². The molecule has 0 aliphatic heterocycles. The van der Waals surface area contributed by atoms with Crippen LogP contribution in [0.15, 0.2) is 53.6 Å². The topological polar surface area (TPSA) is 88.4 Å². The lowest BCUT2D eigenvalue weighted by Gasteiger charge is -2.15. The van der Waals surface area contributed by atoms with Crippen molar-refractivity contribution in [2.45, 2.75) is 24.5 Å². The Hall–Kier alpha value is -2.82. The third-order valence-electron chi connectivity index (χ3n) is 4.99. The Morgan fingerprint density at radius 2 is 1.85 bits per heavy atom. The number of carbonyl (C=O) groups is 1. The number of sulfone groups is 1. The highest BCUT2D eigenvalue weighted by Crippen LogP contribution is 2.39. The summed E-state index contributed by atoms with van der Waals surface area (Å²) in [6, 6.07) is 8.89. The van der Waals surface area contributed by atoms with Gasteiger partial charge in [0.2, 0.25) is 0 Å². The van der Waals surface area contributed by atoms with Gasteiger partial charge in [0.25, 0.3) is 5.91 Å². The summed E-state index contributed by atoms with van der Waals surface area (Å²) < 4.78 is 65.6. The Morgan fingerprint density at radius 1 is 1.18 bits per heavy atom. The van der Waals surface area contributed by atoms with Gasteiger partial charge in [0, 0.05) is 30.2 Å². The maximum absolute atomic E-state index is 13.6. The number of aliphatic hydroxyl groups excluding tert-OH is 1. The number of nitrogens with one attached hydrogen (secondary N) is 1. The zero-order chi connectivity index (χ0) is 24.6. The lowest BCUT2D eigenvalue weighted by molar-refractivity contribution is -0.137. The number of halogens is 4. The number of aliphatic hydroxyl groups is 1. The number of benzene rings is 2. The first-order valence-electron chi connectivity index (χ1n) is 9.62. The molecular weight excluding hydrogens is 481 g/mol. The van der Waals surface area contributed by atoms with E-state index in [-0.39, 0.29) is 51.1 Å². The molecule has 0 aliphatic rings. The summed E-state index contributed by atoms with van der Waals surface area (Å²) in [7, 11) is -3.56. The Morgan fingerprint density at radius 3 is 2.42 bits per heavy atom. The van der Waals surface area contributed by atoms with E-state index in [1.807, 2.05) is 0 Å². The summed E-state index contributed by atoms with van der Waals surface area (Å²) in [5.74, 6) is -0.627. The molecule has 0 aliphatic carbocycles. The Bertz CT molecular complexity index is 1320. The molecule has 1 aromatic heterocycles. The van der Waals surface area contributed by atoms with Crippen LogP contribution in [0.2, 0.25) is 5.02 Å². The molecule has 3 aromatic rings. The maximum atomic E-state index is 13.6. The largest absolute Gasteiger partial charge is 0.417 e. The summed E-state index contributed by atoms with van der Waals surface area (Å²) in [5.41, 5.74) is -0.220. The molecule has 0 spiro atoms. The number of rotatable bonds is 6. The van der Waals surface area contributed by atoms with Gasteiger partial charge in [-0.3, -0.25) is 4.79 Å². The summed E-state index contributed by atoms with van der Waals surface area (Å²) >= 11 is 6.02. The van der Waals surface area contributed by atoms with Crippen molar-refractivity contribution in [2.75, 3.05) is 18.2 Å². The predicted octanol–water partition coefficient (Wildman–Crippen LogP) is 4.78. The fourth-order valence-corrected chi connectivity index (χ4v) is 4.87. The quantitative estimate of drug-likeness (QED) is 0.509. The van der Waals surface area contributed by atoms with Gasteiger partial charge in [-0.15, -0.1) is 0 Å². The van der Waals surface area contributed by atoms with E-state index in [1.165, 1.54) is 54.1 Å². The van der Waals surface area contributed by atoms with Crippen LogP contribution in [0.3, 0.4) is 0 Å². The molecule has 1 amide bonds. The SMILES string of the molecule is Cc1c(C(=O)Nc2ccc(S(C)(=O)=O)c(Cl)c2)cn(CCO)c1-c1ccccc1C(F)(F)F. The molecule has 2 N–H and O–H groups in total. The molecule has 33 heavy (non-hydrogen) atoms. The minimum Gasteiger partial charge on any atom is -0.395 e. The number of carbonyl (C=O) groups excluding carboxylic acids is 1. The molecule has 0 unspecified atom stereocenters.